The fourth-order valence-corrected chi connectivity index (χ4v) is 2.64. The zero-order valence-corrected chi connectivity index (χ0v) is 13.3. The van der Waals surface area contributed by atoms with Gasteiger partial charge in [0.25, 0.3) is 5.91 Å². The van der Waals surface area contributed by atoms with Crippen LogP contribution in [0.1, 0.15) is 21.5 Å². The van der Waals surface area contributed by atoms with Gasteiger partial charge in [0, 0.05) is 0 Å². The Balaban J connectivity index is 1.73. The number of rotatable bonds is 3. The number of carbonyl (C=O) groups is 1. The fourth-order valence-electron chi connectivity index (χ4n) is 2.32. The summed E-state index contributed by atoms with van der Waals surface area (Å²) in [6, 6.07) is 19.4. The molecular weight excluding hydrogens is 308 g/mol. The number of nitrogens with zero attached hydrogens (tertiary/aromatic N) is 1. The first kappa shape index (κ1) is 15.3. The maximum Gasteiger partial charge on any atom is 0.272 e. The largest absolute Gasteiger partial charge is 0.272 e. The summed E-state index contributed by atoms with van der Waals surface area (Å²) in [6.07, 6.45) is 1.62. The first-order chi connectivity index (χ1) is 11.1. The van der Waals surface area contributed by atoms with Crippen LogP contribution in [0.15, 0.2) is 65.8 Å². The van der Waals surface area contributed by atoms with Crippen molar-refractivity contribution in [2.24, 2.45) is 5.10 Å². The molecule has 0 fully saturated rings. The quantitative estimate of drug-likeness (QED) is 0.557. The maximum atomic E-state index is 12.1. The zero-order valence-electron chi connectivity index (χ0n) is 12.6. The molecule has 23 heavy (non-hydrogen) atoms. The summed E-state index contributed by atoms with van der Waals surface area (Å²) in [7, 11) is 0. The number of carbonyl (C=O) groups excluding carboxylic acids is 1. The highest BCUT2D eigenvalue weighted by atomic mass is 35.5. The normalized spacial score (nSPS) is 11.0. The molecule has 0 aliphatic heterocycles. The molecule has 114 valence electrons. The summed E-state index contributed by atoms with van der Waals surface area (Å²) in [5.41, 5.74) is 4.83. The molecule has 3 aromatic carbocycles. The van der Waals surface area contributed by atoms with Gasteiger partial charge in [0.1, 0.15) is 0 Å². The van der Waals surface area contributed by atoms with Crippen LogP contribution in [0.2, 0.25) is 5.02 Å². The Bertz CT molecular complexity index is 903. The number of halogens is 1. The number of nitrogens with one attached hydrogen (secondary N) is 1. The monoisotopic (exact) mass is 322 g/mol. The van der Waals surface area contributed by atoms with Crippen molar-refractivity contribution in [1.29, 1.82) is 0 Å². The smallest absolute Gasteiger partial charge is 0.267 e. The van der Waals surface area contributed by atoms with Gasteiger partial charge in [-0.15, -0.1) is 0 Å². The van der Waals surface area contributed by atoms with Crippen molar-refractivity contribution in [3.8, 4) is 0 Å². The third-order valence-corrected chi connectivity index (χ3v) is 3.84. The molecule has 0 radical (unpaired) electrons. The number of fused-ring (bicyclic) bond motifs is 1. The van der Waals surface area contributed by atoms with Crippen molar-refractivity contribution in [3.63, 3.8) is 0 Å². The molecule has 1 N–H and O–H groups in total. The van der Waals surface area contributed by atoms with Crippen molar-refractivity contribution in [1.82, 2.24) is 5.43 Å². The highest BCUT2D eigenvalue weighted by Gasteiger charge is 2.08. The summed E-state index contributed by atoms with van der Waals surface area (Å²) in [6.45, 7) is 1.92. The molecule has 0 aliphatic rings. The third kappa shape index (κ3) is 3.58. The second-order valence-electron chi connectivity index (χ2n) is 5.29. The van der Waals surface area contributed by atoms with Crippen LogP contribution in [-0.2, 0) is 0 Å². The molecule has 3 nitrogen and oxygen atoms in total. The fraction of sp³-hybridized carbons (Fsp3) is 0.0526. The van der Waals surface area contributed by atoms with Gasteiger partial charge in [-0.25, -0.2) is 5.43 Å². The van der Waals surface area contributed by atoms with Crippen LogP contribution in [0.3, 0.4) is 0 Å². The predicted octanol–water partition coefficient (Wildman–Crippen LogP) is 4.57. The van der Waals surface area contributed by atoms with Crippen molar-refractivity contribution >= 4 is 34.5 Å². The second-order valence-corrected chi connectivity index (χ2v) is 5.70. The van der Waals surface area contributed by atoms with E-state index in [9.17, 15) is 4.79 Å². The first-order valence-corrected chi connectivity index (χ1v) is 7.59. The number of hydrogen-bond acceptors (Lipinski definition) is 2. The molecule has 4 heteroatoms. The molecule has 3 aromatic rings. The van der Waals surface area contributed by atoms with Crippen LogP contribution in [0.25, 0.3) is 10.8 Å². The third-order valence-electron chi connectivity index (χ3n) is 3.52. The number of hydrogen-bond donors (Lipinski definition) is 1. The second kappa shape index (κ2) is 6.63. The van der Waals surface area contributed by atoms with E-state index in [0.29, 0.717) is 10.6 Å². The van der Waals surface area contributed by atoms with Crippen LogP contribution in [0.4, 0.5) is 0 Å². The summed E-state index contributed by atoms with van der Waals surface area (Å²) in [5, 5.41) is 6.72. The minimum absolute atomic E-state index is 0.327. The lowest BCUT2D eigenvalue weighted by molar-refractivity contribution is 0.0955. The first-order valence-electron chi connectivity index (χ1n) is 7.22. The summed E-state index contributed by atoms with van der Waals surface area (Å²) < 4.78 is 0. The molecule has 0 unspecified atom stereocenters. The van der Waals surface area contributed by atoms with Crippen molar-refractivity contribution in [2.75, 3.05) is 0 Å². The van der Waals surface area contributed by atoms with E-state index in [-0.39, 0.29) is 5.91 Å². The Labute approximate surface area is 139 Å². The van der Waals surface area contributed by atoms with E-state index in [1.165, 1.54) is 5.39 Å². The number of amides is 1. The Morgan fingerprint density at radius 2 is 1.83 bits per heavy atom. The van der Waals surface area contributed by atoms with Crippen LogP contribution >= 0.6 is 11.6 Å². The van der Waals surface area contributed by atoms with E-state index in [0.717, 1.165) is 16.5 Å². The van der Waals surface area contributed by atoms with E-state index >= 15 is 0 Å². The van der Waals surface area contributed by atoms with Gasteiger partial charge < -0.3 is 0 Å². The van der Waals surface area contributed by atoms with Crippen LogP contribution < -0.4 is 5.43 Å². The highest BCUT2D eigenvalue weighted by Crippen LogP contribution is 2.17. The average Bonchev–Trinajstić information content (AvgIpc) is 2.54. The molecule has 0 aliphatic carbocycles. The summed E-state index contributed by atoms with van der Waals surface area (Å²) in [5.74, 6) is -0.327. The maximum absolute atomic E-state index is 12.1. The van der Waals surface area contributed by atoms with Gasteiger partial charge in [-0.1, -0.05) is 54.1 Å². The predicted molar refractivity (Wildman–Crippen MR) is 95.2 cm³/mol. The highest BCUT2D eigenvalue weighted by molar-refractivity contribution is 6.33. The van der Waals surface area contributed by atoms with E-state index in [2.05, 4.69) is 16.6 Å². The Morgan fingerprint density at radius 3 is 2.61 bits per heavy atom. The number of benzene rings is 3. The van der Waals surface area contributed by atoms with Crippen LogP contribution in [0.5, 0.6) is 0 Å². The van der Waals surface area contributed by atoms with E-state index < -0.39 is 0 Å². The Hall–Kier alpha value is -2.65. The molecule has 0 saturated heterocycles. The standard InChI is InChI=1S/C19H15ClN2O/c1-13-6-9-17(18(20)10-13)19(23)22-21-12-14-7-8-15-4-2-3-5-16(15)11-14/h2-12H,1H3,(H,22,23)/b21-12+. The number of aryl methyl sites for hydroxylation is 1. The summed E-state index contributed by atoms with van der Waals surface area (Å²) in [4.78, 5) is 12.1. The topological polar surface area (TPSA) is 41.5 Å². The van der Waals surface area contributed by atoms with E-state index in [4.69, 9.17) is 11.6 Å². The minimum atomic E-state index is -0.327. The van der Waals surface area contributed by atoms with Crippen LogP contribution in [-0.4, -0.2) is 12.1 Å². The molecule has 0 heterocycles. The summed E-state index contributed by atoms with van der Waals surface area (Å²) >= 11 is 6.07. The van der Waals surface area contributed by atoms with Gasteiger partial charge in [-0.05, 0) is 47.0 Å². The molecule has 3 rings (SSSR count). The molecule has 0 aromatic heterocycles. The van der Waals surface area contributed by atoms with Gasteiger partial charge in [0.15, 0.2) is 0 Å². The van der Waals surface area contributed by atoms with Crippen molar-refractivity contribution < 1.29 is 4.79 Å². The molecular formula is C19H15ClN2O. The van der Waals surface area contributed by atoms with Gasteiger partial charge in [-0.2, -0.15) is 5.10 Å². The van der Waals surface area contributed by atoms with Gasteiger partial charge >= 0.3 is 0 Å². The SMILES string of the molecule is Cc1ccc(C(=O)N/N=C/c2ccc3ccccc3c2)c(Cl)c1. The van der Waals surface area contributed by atoms with Crippen molar-refractivity contribution in [3.05, 3.63) is 82.4 Å². The zero-order chi connectivity index (χ0) is 16.2. The lowest BCUT2D eigenvalue weighted by Crippen LogP contribution is -2.18. The van der Waals surface area contributed by atoms with Crippen molar-refractivity contribution in [2.45, 2.75) is 6.92 Å². The van der Waals surface area contributed by atoms with Gasteiger partial charge in [0.2, 0.25) is 0 Å². The van der Waals surface area contributed by atoms with E-state index in [1.807, 2.05) is 49.4 Å². The van der Waals surface area contributed by atoms with Gasteiger partial charge in [0.05, 0.1) is 16.8 Å². The minimum Gasteiger partial charge on any atom is -0.267 e. The molecule has 0 bridgehead atoms. The Kier molecular flexibility index (Phi) is 4.40. The van der Waals surface area contributed by atoms with Crippen LogP contribution in [0, 0.1) is 6.92 Å². The van der Waals surface area contributed by atoms with E-state index in [1.54, 1.807) is 18.3 Å². The van der Waals surface area contributed by atoms with Gasteiger partial charge in [-0.3, -0.25) is 4.79 Å². The molecule has 0 saturated carbocycles. The molecule has 0 atom stereocenters. The molecule has 1 amide bonds. The molecule has 0 spiro atoms. The average molecular weight is 323 g/mol. The Morgan fingerprint density at radius 1 is 1.04 bits per heavy atom. The number of hydrazone groups is 1. The lowest BCUT2D eigenvalue weighted by Gasteiger charge is -2.03. The lowest BCUT2D eigenvalue weighted by atomic mass is 10.1.